The number of ether oxygens (including phenoxy) is 1. The van der Waals surface area contributed by atoms with E-state index in [0.29, 0.717) is 19.1 Å². The molecule has 17 heavy (non-hydrogen) atoms. The van der Waals surface area contributed by atoms with Gasteiger partial charge in [-0.05, 0) is 24.1 Å². The summed E-state index contributed by atoms with van der Waals surface area (Å²) in [7, 11) is 0. The summed E-state index contributed by atoms with van der Waals surface area (Å²) in [5, 5.41) is 0. The van der Waals surface area contributed by atoms with Crippen LogP contribution in [-0.2, 0) is 11.2 Å². The summed E-state index contributed by atoms with van der Waals surface area (Å²) in [4.78, 5) is 8.48. The first-order valence-electron chi connectivity index (χ1n) is 5.23. The van der Waals surface area contributed by atoms with Gasteiger partial charge in [-0.1, -0.05) is 6.07 Å². The molecule has 0 spiro atoms. The largest absolute Gasteiger partial charge is 0.380 e. The second-order valence-corrected chi connectivity index (χ2v) is 3.81. The third-order valence-corrected chi connectivity index (χ3v) is 2.44. The Morgan fingerprint density at radius 2 is 1.82 bits per heavy atom. The number of nitrogens with zero attached hydrogens (tertiary/aromatic N) is 2. The maximum absolute atomic E-state index is 5.52. The van der Waals surface area contributed by atoms with E-state index in [0.717, 1.165) is 17.5 Å². The Morgan fingerprint density at radius 3 is 2.59 bits per heavy atom. The molecule has 0 unspecified atom stereocenters. The van der Waals surface area contributed by atoms with Crippen LogP contribution < -0.4 is 0 Å². The van der Waals surface area contributed by atoms with Gasteiger partial charge in [-0.2, -0.15) is 0 Å². The average Bonchev–Trinajstić information content (AvgIpc) is 2.34. The third-order valence-electron chi connectivity index (χ3n) is 2.29. The normalized spacial score (nSPS) is 10.2. The van der Waals surface area contributed by atoms with E-state index in [1.54, 1.807) is 12.4 Å². The number of hydrogen-bond acceptors (Lipinski definition) is 3. The highest BCUT2D eigenvalue weighted by Crippen LogP contribution is 2.11. The van der Waals surface area contributed by atoms with Crippen molar-refractivity contribution in [1.82, 2.24) is 9.97 Å². The first-order valence-corrected chi connectivity index (χ1v) is 5.77. The molecule has 0 saturated carbocycles. The first kappa shape index (κ1) is 14.2. The quantitative estimate of drug-likeness (QED) is 0.620. The number of alkyl halides is 1. The van der Waals surface area contributed by atoms with Crippen LogP contribution in [0.2, 0.25) is 0 Å². The molecule has 2 rings (SSSR count). The van der Waals surface area contributed by atoms with Gasteiger partial charge < -0.3 is 4.74 Å². The Hall–Kier alpha value is -0.900. The minimum Gasteiger partial charge on any atom is -0.380 e. The summed E-state index contributed by atoms with van der Waals surface area (Å²) in [6.45, 7) is 1.30. The highest BCUT2D eigenvalue weighted by molar-refractivity contribution is 6.17. The molecular weight excluding hydrogens is 259 g/mol. The van der Waals surface area contributed by atoms with E-state index in [1.165, 1.54) is 5.56 Å². The molecule has 0 fully saturated rings. The number of benzene rings is 1. The Labute approximate surface area is 112 Å². The van der Waals surface area contributed by atoms with Crippen LogP contribution in [0.4, 0.5) is 0 Å². The van der Waals surface area contributed by atoms with Crippen LogP contribution in [0.3, 0.4) is 0 Å². The minimum absolute atomic E-state index is 0. The molecule has 0 aliphatic rings. The van der Waals surface area contributed by atoms with Crippen LogP contribution >= 0.6 is 24.0 Å². The first-order chi connectivity index (χ1) is 7.90. The van der Waals surface area contributed by atoms with Crippen molar-refractivity contribution in [2.24, 2.45) is 0 Å². The number of fused-ring (bicyclic) bond motifs is 1. The Kier molecular flexibility index (Phi) is 6.19. The predicted molar refractivity (Wildman–Crippen MR) is 72.0 cm³/mol. The maximum Gasteiger partial charge on any atom is 0.0889 e. The van der Waals surface area contributed by atoms with Gasteiger partial charge in [0.15, 0.2) is 0 Å². The van der Waals surface area contributed by atoms with Gasteiger partial charge in [0.05, 0.1) is 24.2 Å². The number of halogens is 2. The predicted octanol–water partition coefficient (Wildman–Crippen LogP) is 2.85. The molecule has 0 bridgehead atoms. The van der Waals surface area contributed by atoms with Gasteiger partial charge in [0.25, 0.3) is 0 Å². The molecule has 0 saturated heterocycles. The van der Waals surface area contributed by atoms with Gasteiger partial charge in [0, 0.05) is 18.3 Å². The Balaban J connectivity index is 0.00000144. The van der Waals surface area contributed by atoms with Crippen LogP contribution in [-0.4, -0.2) is 29.1 Å². The van der Waals surface area contributed by atoms with Gasteiger partial charge in [-0.25, -0.2) is 0 Å². The van der Waals surface area contributed by atoms with E-state index in [9.17, 15) is 0 Å². The molecule has 5 heteroatoms. The fourth-order valence-corrected chi connectivity index (χ4v) is 1.62. The van der Waals surface area contributed by atoms with Crippen LogP contribution in [0.5, 0.6) is 0 Å². The summed E-state index contributed by atoms with van der Waals surface area (Å²) >= 11 is 5.52. The lowest BCUT2D eigenvalue weighted by atomic mass is 10.1. The van der Waals surface area contributed by atoms with Gasteiger partial charge in [-0.3, -0.25) is 9.97 Å². The van der Waals surface area contributed by atoms with Gasteiger partial charge in [-0.15, -0.1) is 24.0 Å². The molecule has 0 aliphatic carbocycles. The SMILES string of the molecule is Cl.ClCCOCCc1ccc2nccnc2c1. The van der Waals surface area contributed by atoms with E-state index in [4.69, 9.17) is 16.3 Å². The van der Waals surface area contributed by atoms with E-state index >= 15 is 0 Å². The molecule has 2 aromatic rings. The lowest BCUT2D eigenvalue weighted by Crippen LogP contribution is -2.01. The van der Waals surface area contributed by atoms with Crippen molar-refractivity contribution in [3.05, 3.63) is 36.2 Å². The highest BCUT2D eigenvalue weighted by Gasteiger charge is 1.98. The molecule has 0 amide bonds. The van der Waals surface area contributed by atoms with Crippen LogP contribution in [0.15, 0.2) is 30.6 Å². The molecule has 3 nitrogen and oxygen atoms in total. The van der Waals surface area contributed by atoms with E-state index in [-0.39, 0.29) is 12.4 Å². The monoisotopic (exact) mass is 272 g/mol. The number of rotatable bonds is 5. The summed E-state index contributed by atoms with van der Waals surface area (Å²) in [5.74, 6) is 0.545. The molecule has 1 aromatic heterocycles. The third kappa shape index (κ3) is 4.11. The zero-order valence-electron chi connectivity index (χ0n) is 9.30. The van der Waals surface area contributed by atoms with Gasteiger partial charge in [0.1, 0.15) is 0 Å². The topological polar surface area (TPSA) is 35.0 Å². The average molecular weight is 273 g/mol. The van der Waals surface area contributed by atoms with Gasteiger partial charge >= 0.3 is 0 Å². The van der Waals surface area contributed by atoms with Crippen molar-refractivity contribution in [2.75, 3.05) is 19.1 Å². The fourth-order valence-electron chi connectivity index (χ4n) is 1.51. The lowest BCUT2D eigenvalue weighted by Gasteiger charge is -2.03. The zero-order chi connectivity index (χ0) is 11.2. The van der Waals surface area contributed by atoms with Gasteiger partial charge in [0.2, 0.25) is 0 Å². The van der Waals surface area contributed by atoms with Crippen molar-refractivity contribution in [3.8, 4) is 0 Å². The fraction of sp³-hybridized carbons (Fsp3) is 0.333. The molecule has 1 heterocycles. The minimum atomic E-state index is 0. The standard InChI is InChI=1S/C12H13ClN2O.ClH/c13-4-8-16-7-3-10-1-2-11-12(9-10)15-6-5-14-11;/h1-2,5-6,9H,3-4,7-8H2;1H. The molecule has 0 radical (unpaired) electrons. The Bertz CT molecular complexity index is 465. The van der Waals surface area contributed by atoms with Crippen molar-refractivity contribution in [3.63, 3.8) is 0 Å². The smallest absolute Gasteiger partial charge is 0.0889 e. The van der Waals surface area contributed by atoms with Crippen LogP contribution in [0.1, 0.15) is 5.56 Å². The number of hydrogen-bond donors (Lipinski definition) is 0. The molecule has 0 aliphatic heterocycles. The summed E-state index contributed by atoms with van der Waals surface area (Å²) in [6.07, 6.45) is 4.28. The molecule has 0 N–H and O–H groups in total. The van der Waals surface area contributed by atoms with E-state index in [1.807, 2.05) is 12.1 Å². The summed E-state index contributed by atoms with van der Waals surface area (Å²) in [6, 6.07) is 6.09. The Morgan fingerprint density at radius 1 is 1.06 bits per heavy atom. The van der Waals surface area contributed by atoms with Crippen molar-refractivity contribution in [2.45, 2.75) is 6.42 Å². The maximum atomic E-state index is 5.52. The van der Waals surface area contributed by atoms with Crippen LogP contribution in [0.25, 0.3) is 11.0 Å². The second kappa shape index (κ2) is 7.43. The van der Waals surface area contributed by atoms with Crippen LogP contribution in [0, 0.1) is 0 Å². The highest BCUT2D eigenvalue weighted by atomic mass is 35.5. The molecule has 1 aromatic carbocycles. The molecule has 0 atom stereocenters. The van der Waals surface area contributed by atoms with Crippen molar-refractivity contribution < 1.29 is 4.74 Å². The lowest BCUT2D eigenvalue weighted by molar-refractivity contribution is 0.152. The molecular formula is C12H14Cl2N2O. The summed E-state index contributed by atoms with van der Waals surface area (Å²) < 4.78 is 5.33. The van der Waals surface area contributed by atoms with Crippen molar-refractivity contribution in [1.29, 1.82) is 0 Å². The van der Waals surface area contributed by atoms with E-state index < -0.39 is 0 Å². The molecule has 92 valence electrons. The van der Waals surface area contributed by atoms with E-state index in [2.05, 4.69) is 16.0 Å². The second-order valence-electron chi connectivity index (χ2n) is 3.43. The zero-order valence-corrected chi connectivity index (χ0v) is 10.9. The number of aromatic nitrogens is 2. The van der Waals surface area contributed by atoms with Crippen molar-refractivity contribution >= 4 is 35.0 Å². The summed E-state index contributed by atoms with van der Waals surface area (Å²) in [5.41, 5.74) is 3.06.